The van der Waals surface area contributed by atoms with Gasteiger partial charge in [-0.05, 0) is 67.9 Å². The Balaban J connectivity index is 1.24. The number of benzene rings is 3. The van der Waals surface area contributed by atoms with E-state index in [0.29, 0.717) is 34.5 Å². The minimum Gasteiger partial charge on any atom is -0.493 e. The lowest BCUT2D eigenvalue weighted by Gasteiger charge is -2.28. The van der Waals surface area contributed by atoms with Gasteiger partial charge in [-0.15, -0.1) is 0 Å². The summed E-state index contributed by atoms with van der Waals surface area (Å²) < 4.78 is 46.7. The van der Waals surface area contributed by atoms with E-state index in [9.17, 15) is 19.1 Å². The molecule has 1 aliphatic rings. The zero-order valence-corrected chi connectivity index (χ0v) is 26.0. The van der Waals surface area contributed by atoms with Gasteiger partial charge in [0.1, 0.15) is 24.3 Å². The van der Waals surface area contributed by atoms with E-state index in [2.05, 4.69) is 28.0 Å². The number of rotatable bonds is 11. The van der Waals surface area contributed by atoms with Crippen LogP contribution in [0, 0.1) is 11.6 Å². The first-order valence-electron chi connectivity index (χ1n) is 14.7. The number of likely N-dealkylation sites (tertiary alicyclic amines) is 1. The van der Waals surface area contributed by atoms with Crippen LogP contribution in [0.25, 0.3) is 10.9 Å². The molecular weight excluding hydrogens is 618 g/mol. The van der Waals surface area contributed by atoms with Gasteiger partial charge in [-0.1, -0.05) is 31.4 Å². The zero-order chi connectivity index (χ0) is 32.6. The van der Waals surface area contributed by atoms with E-state index in [4.69, 9.17) is 14.2 Å². The van der Waals surface area contributed by atoms with Crippen LogP contribution in [0.15, 0.2) is 66.9 Å². The number of aliphatic hydroxyl groups is 1. The van der Waals surface area contributed by atoms with E-state index in [1.165, 1.54) is 50.1 Å². The van der Waals surface area contributed by atoms with Crippen LogP contribution in [-0.2, 0) is 11.2 Å². The van der Waals surface area contributed by atoms with Crippen LogP contribution < -0.4 is 23.8 Å². The summed E-state index contributed by atoms with van der Waals surface area (Å²) in [5, 5.41) is 13.2. The summed E-state index contributed by atoms with van der Waals surface area (Å²) in [5.74, 6) is -1.05. The van der Waals surface area contributed by atoms with Crippen molar-refractivity contribution in [2.45, 2.75) is 31.8 Å². The Morgan fingerprint density at radius 3 is 2.57 bits per heavy atom. The number of nitrogens with one attached hydrogen (secondary N) is 1. The fourth-order valence-electron chi connectivity index (χ4n) is 5.16. The van der Waals surface area contributed by atoms with E-state index < -0.39 is 29.7 Å². The number of imide groups is 1. The molecule has 0 saturated carbocycles. The number of pyridine rings is 1. The van der Waals surface area contributed by atoms with Gasteiger partial charge in [0.05, 0.1) is 24.7 Å². The highest BCUT2D eigenvalue weighted by Crippen LogP contribution is 2.38. The number of amides is 3. The second-order valence-electron chi connectivity index (χ2n) is 10.8. The number of ether oxygens (including phenoxy) is 3. The number of hydrogen-bond donors (Lipinski definition) is 3. The first kappa shape index (κ1) is 32.9. The number of piperidine rings is 1. The second-order valence-corrected chi connectivity index (χ2v) is 11.2. The number of carbonyl (C=O) groups excluding carboxylic acids is 2. The van der Waals surface area contributed by atoms with Gasteiger partial charge in [-0.25, -0.2) is 17.9 Å². The molecule has 1 aliphatic heterocycles. The van der Waals surface area contributed by atoms with Crippen LogP contribution in [0.2, 0.25) is 0 Å². The van der Waals surface area contributed by atoms with E-state index in [1.54, 1.807) is 24.3 Å². The predicted octanol–water partition coefficient (Wildman–Crippen LogP) is 5.67. The first-order valence-corrected chi connectivity index (χ1v) is 15.1. The molecule has 3 aromatic carbocycles. The number of methoxy groups -OCH3 is 1. The lowest BCUT2D eigenvalue weighted by atomic mass is 10.1. The zero-order valence-electron chi connectivity index (χ0n) is 25.1. The maximum Gasteiger partial charge on any atom is 0.338 e. The molecular formula is C33H34F2N4O6S. The molecule has 4 aromatic rings. The molecule has 0 aliphatic carbocycles. The molecule has 1 aromatic heterocycles. The van der Waals surface area contributed by atoms with Crippen LogP contribution in [0.3, 0.4) is 0 Å². The van der Waals surface area contributed by atoms with Crippen molar-refractivity contribution in [3.05, 3.63) is 84.1 Å². The molecule has 10 nitrogen and oxygen atoms in total. The Morgan fingerprint density at radius 2 is 1.83 bits per heavy atom. The lowest BCUT2D eigenvalue weighted by Crippen LogP contribution is -2.39. The van der Waals surface area contributed by atoms with Gasteiger partial charge in [-0.2, -0.15) is 0 Å². The van der Waals surface area contributed by atoms with E-state index >= 15 is 4.39 Å². The SMILES string of the molecule is COc1cc2c(Oc3ccc(N(S)C(=O)NC(=O)Cc4cccc(F)c4)cc3F)ccnc2cc1OCC(O)CN1CCCCC1. The molecule has 2 N–H and O–H groups in total. The first-order chi connectivity index (χ1) is 22.2. The number of aliphatic hydroxyl groups excluding tert-OH is 1. The summed E-state index contributed by atoms with van der Waals surface area (Å²) in [4.78, 5) is 31.4. The van der Waals surface area contributed by atoms with Crippen LogP contribution in [0.4, 0.5) is 19.3 Å². The molecule has 242 valence electrons. The molecule has 0 bridgehead atoms. The van der Waals surface area contributed by atoms with Crippen molar-refractivity contribution >= 4 is 41.3 Å². The molecule has 0 radical (unpaired) electrons. The number of fused-ring (bicyclic) bond motifs is 1. The number of carbonyl (C=O) groups is 2. The van der Waals surface area contributed by atoms with Crippen LogP contribution in [-0.4, -0.2) is 66.4 Å². The summed E-state index contributed by atoms with van der Waals surface area (Å²) in [7, 11) is 1.49. The van der Waals surface area contributed by atoms with E-state index in [0.717, 1.165) is 36.3 Å². The predicted molar refractivity (Wildman–Crippen MR) is 172 cm³/mol. The number of urea groups is 1. The summed E-state index contributed by atoms with van der Waals surface area (Å²) in [6.07, 6.45) is 4.07. The normalized spacial score (nSPS) is 14.0. The fourth-order valence-corrected chi connectivity index (χ4v) is 5.33. The number of nitrogens with zero attached hydrogens (tertiary/aromatic N) is 3. The highest BCUT2D eigenvalue weighted by atomic mass is 32.1. The summed E-state index contributed by atoms with van der Waals surface area (Å²) >= 11 is 4.10. The Kier molecular flexibility index (Phi) is 10.9. The van der Waals surface area contributed by atoms with Gasteiger partial charge in [0.2, 0.25) is 5.91 Å². The largest absolute Gasteiger partial charge is 0.493 e. The summed E-state index contributed by atoms with van der Waals surface area (Å²) in [6.45, 7) is 2.54. The molecule has 5 rings (SSSR count). The minimum atomic E-state index is -0.915. The molecule has 2 heterocycles. The maximum atomic E-state index is 15.2. The van der Waals surface area contributed by atoms with Crippen molar-refractivity contribution in [3.8, 4) is 23.0 Å². The Hall–Kier alpha value is -4.46. The number of anilines is 1. The van der Waals surface area contributed by atoms with Crippen molar-refractivity contribution in [2.24, 2.45) is 0 Å². The molecule has 13 heteroatoms. The Bertz CT molecular complexity index is 1700. The monoisotopic (exact) mass is 652 g/mol. The van der Waals surface area contributed by atoms with Gasteiger partial charge in [0, 0.05) is 30.3 Å². The lowest BCUT2D eigenvalue weighted by molar-refractivity contribution is -0.119. The average molecular weight is 653 g/mol. The van der Waals surface area contributed by atoms with E-state index in [-0.39, 0.29) is 30.2 Å². The van der Waals surface area contributed by atoms with Gasteiger partial charge >= 0.3 is 6.03 Å². The third-order valence-corrected chi connectivity index (χ3v) is 7.82. The average Bonchev–Trinajstić information content (AvgIpc) is 3.04. The number of halogens is 2. The molecule has 0 spiro atoms. The Morgan fingerprint density at radius 1 is 1.02 bits per heavy atom. The summed E-state index contributed by atoms with van der Waals surface area (Å²) in [5.41, 5.74) is 0.919. The van der Waals surface area contributed by atoms with Crippen LogP contribution >= 0.6 is 12.8 Å². The molecule has 3 amide bonds. The molecule has 1 atom stereocenters. The highest BCUT2D eigenvalue weighted by Gasteiger charge is 2.20. The van der Waals surface area contributed by atoms with Gasteiger partial charge in [-0.3, -0.25) is 15.1 Å². The van der Waals surface area contributed by atoms with Gasteiger partial charge in [0.15, 0.2) is 23.1 Å². The molecule has 1 saturated heterocycles. The maximum absolute atomic E-state index is 15.2. The number of β-amino-alcohol motifs (C(OH)–C–C–N with tert-alkyl or cyclic N) is 1. The topological polar surface area (TPSA) is 113 Å². The second kappa shape index (κ2) is 15.2. The van der Waals surface area contributed by atoms with Crippen LogP contribution in [0.5, 0.6) is 23.0 Å². The van der Waals surface area contributed by atoms with Crippen molar-refractivity contribution in [2.75, 3.05) is 37.7 Å². The fraction of sp³-hybridized carbons (Fsp3) is 0.303. The summed E-state index contributed by atoms with van der Waals surface area (Å²) in [6, 6.07) is 13.2. The minimum absolute atomic E-state index is 0.0368. The smallest absolute Gasteiger partial charge is 0.338 e. The third-order valence-electron chi connectivity index (χ3n) is 7.41. The van der Waals surface area contributed by atoms with Crippen molar-refractivity contribution < 1.29 is 37.7 Å². The molecule has 1 fully saturated rings. The molecule has 1 unspecified atom stereocenters. The van der Waals surface area contributed by atoms with Gasteiger partial charge in [0.25, 0.3) is 0 Å². The standard InChI is InChI=1S/C33H34F2N4O6S/c1-43-30-17-25-27(18-31(30)44-20-24(40)19-38-12-3-2-4-13-38)36-11-10-28(25)45-29-9-8-23(16-26(29)35)39(46)33(42)37-32(41)15-21-6-5-7-22(34)14-21/h5-11,14,16-18,24,40,46H,2-4,12-13,15,19-20H2,1H3,(H,37,41,42). The number of aromatic nitrogens is 1. The third kappa shape index (κ3) is 8.42. The molecule has 46 heavy (non-hydrogen) atoms. The van der Waals surface area contributed by atoms with Crippen molar-refractivity contribution in [1.82, 2.24) is 15.2 Å². The van der Waals surface area contributed by atoms with E-state index in [1.807, 2.05) is 0 Å². The van der Waals surface area contributed by atoms with Gasteiger partial charge < -0.3 is 24.2 Å². The Labute approximate surface area is 270 Å². The number of hydrogen-bond acceptors (Lipinski definition) is 9. The van der Waals surface area contributed by atoms with Crippen LogP contribution in [0.1, 0.15) is 24.8 Å². The van der Waals surface area contributed by atoms with Crippen molar-refractivity contribution in [1.29, 1.82) is 0 Å². The quantitative estimate of drug-likeness (QED) is 0.178. The number of thiol groups is 1. The van der Waals surface area contributed by atoms with Crippen molar-refractivity contribution in [3.63, 3.8) is 0 Å². The highest BCUT2D eigenvalue weighted by molar-refractivity contribution is 7.82.